The van der Waals surface area contributed by atoms with Gasteiger partial charge in [0.25, 0.3) is 0 Å². The van der Waals surface area contributed by atoms with E-state index < -0.39 is 0 Å². The van der Waals surface area contributed by atoms with Crippen LogP contribution in [0.4, 0.5) is 0 Å². The van der Waals surface area contributed by atoms with Gasteiger partial charge in [0.1, 0.15) is 0 Å². The molecule has 0 aromatic rings. The number of rotatable bonds is 2. The van der Waals surface area contributed by atoms with Gasteiger partial charge in [0.2, 0.25) is 0 Å². The van der Waals surface area contributed by atoms with Gasteiger partial charge in [0, 0.05) is 11.6 Å². The van der Waals surface area contributed by atoms with Gasteiger partial charge in [-0.3, -0.25) is 0 Å². The third-order valence-corrected chi connectivity index (χ3v) is 2.25. The lowest BCUT2D eigenvalue weighted by Crippen LogP contribution is -2.26. The summed E-state index contributed by atoms with van der Waals surface area (Å²) in [6.45, 7) is 2.11. The molecule has 66 valence electrons. The fourth-order valence-electron chi connectivity index (χ4n) is 1.22. The van der Waals surface area contributed by atoms with Crippen LogP contribution in [0.25, 0.3) is 0 Å². The maximum Gasteiger partial charge on any atom is 0.0867 e. The second-order valence-corrected chi connectivity index (χ2v) is 3.21. The van der Waals surface area contributed by atoms with E-state index in [1.807, 2.05) is 32.3 Å². The maximum absolute atomic E-state index is 8.89. The molecule has 0 saturated carbocycles. The highest BCUT2D eigenvalue weighted by molar-refractivity contribution is 5.49. The molecule has 12 heavy (non-hydrogen) atoms. The first-order valence-electron chi connectivity index (χ1n) is 4.06. The number of likely N-dealkylation sites (N-methyl/N-ethyl adjacent to an activating group) is 1. The zero-order chi connectivity index (χ0) is 9.14. The van der Waals surface area contributed by atoms with Crippen LogP contribution in [0.2, 0.25) is 0 Å². The Morgan fingerprint density at radius 2 is 2.17 bits per heavy atom. The molecule has 0 aromatic heterocycles. The molecule has 1 N–H and O–H groups in total. The Bertz CT molecular complexity index is 249. The van der Waals surface area contributed by atoms with E-state index in [-0.39, 0.29) is 0 Å². The summed E-state index contributed by atoms with van der Waals surface area (Å²) in [4.78, 5) is 2.11. The van der Waals surface area contributed by atoms with E-state index in [0.29, 0.717) is 6.04 Å². The van der Waals surface area contributed by atoms with Gasteiger partial charge < -0.3 is 10.0 Å². The van der Waals surface area contributed by atoms with E-state index in [0.717, 1.165) is 11.8 Å². The van der Waals surface area contributed by atoms with Crippen LogP contribution in [-0.2, 0) is 0 Å². The van der Waals surface area contributed by atoms with Crippen molar-refractivity contribution in [2.75, 3.05) is 14.1 Å². The van der Waals surface area contributed by atoms with Crippen molar-refractivity contribution < 1.29 is 5.11 Å². The summed E-state index contributed by atoms with van der Waals surface area (Å²) in [5.74, 6) is 0. The predicted octanol–water partition coefficient (Wildman–Crippen LogP) is 1.87. The Hall–Kier alpha value is -1.02. The Labute approximate surface area is 73.5 Å². The molecule has 1 rings (SSSR count). The fraction of sp³-hybridized carbons (Fsp3) is 0.400. The van der Waals surface area contributed by atoms with Crippen LogP contribution in [-0.4, -0.2) is 30.1 Å². The van der Waals surface area contributed by atoms with Gasteiger partial charge in [-0.1, -0.05) is 18.2 Å². The number of hydrogen-bond acceptors (Lipinski definition) is 2. The van der Waals surface area contributed by atoms with Crippen molar-refractivity contribution in [1.82, 2.24) is 4.90 Å². The first-order chi connectivity index (χ1) is 5.66. The molecule has 1 aliphatic rings. The number of aliphatic hydroxyl groups is 1. The topological polar surface area (TPSA) is 23.5 Å². The van der Waals surface area contributed by atoms with Gasteiger partial charge in [0.15, 0.2) is 0 Å². The Balaban J connectivity index is 2.78. The molecule has 1 atom stereocenters. The normalized spacial score (nSPS) is 22.0. The number of aliphatic hydroxyl groups excluding tert-OH is 1. The van der Waals surface area contributed by atoms with Crippen LogP contribution in [0.1, 0.15) is 6.92 Å². The monoisotopic (exact) mass is 165 g/mol. The molecule has 0 spiro atoms. The summed E-state index contributed by atoms with van der Waals surface area (Å²) in [6, 6.07) is 0.346. The molecule has 1 aliphatic carbocycles. The smallest absolute Gasteiger partial charge is 0.0867 e. The Morgan fingerprint density at radius 1 is 1.50 bits per heavy atom. The third-order valence-electron chi connectivity index (χ3n) is 2.25. The molecule has 0 aliphatic heterocycles. The van der Waals surface area contributed by atoms with Gasteiger partial charge in [0.05, 0.1) is 6.26 Å². The quantitative estimate of drug-likeness (QED) is 0.631. The minimum absolute atomic E-state index is 0.346. The minimum Gasteiger partial charge on any atom is -0.515 e. The van der Waals surface area contributed by atoms with Crippen molar-refractivity contribution in [1.29, 1.82) is 0 Å². The highest BCUT2D eigenvalue weighted by Gasteiger charge is 2.15. The second kappa shape index (κ2) is 3.59. The second-order valence-electron chi connectivity index (χ2n) is 3.21. The van der Waals surface area contributed by atoms with Gasteiger partial charge in [-0.15, -0.1) is 0 Å². The SMILES string of the molecule is C[C@@H](C1=CC=C/C1=C\O)N(C)C. The molecular weight excluding hydrogens is 150 g/mol. The van der Waals surface area contributed by atoms with E-state index in [1.54, 1.807) is 0 Å². The van der Waals surface area contributed by atoms with Crippen molar-refractivity contribution in [3.8, 4) is 0 Å². The van der Waals surface area contributed by atoms with Crippen LogP contribution < -0.4 is 0 Å². The van der Waals surface area contributed by atoms with Crippen molar-refractivity contribution in [2.45, 2.75) is 13.0 Å². The first kappa shape index (κ1) is 9.07. The minimum atomic E-state index is 0.346. The highest BCUT2D eigenvalue weighted by Crippen LogP contribution is 2.22. The molecule has 0 fully saturated rings. The van der Waals surface area contributed by atoms with Gasteiger partial charge in [-0.05, 0) is 26.6 Å². The Morgan fingerprint density at radius 3 is 2.67 bits per heavy atom. The lowest BCUT2D eigenvalue weighted by molar-refractivity contribution is 0.352. The lowest BCUT2D eigenvalue weighted by atomic mass is 10.0. The maximum atomic E-state index is 8.89. The summed E-state index contributed by atoms with van der Waals surface area (Å²) in [5, 5.41) is 8.89. The molecule has 0 aromatic carbocycles. The van der Waals surface area contributed by atoms with Crippen molar-refractivity contribution in [3.63, 3.8) is 0 Å². The average Bonchev–Trinajstić information content (AvgIpc) is 2.49. The molecular formula is C10H15NO. The first-order valence-corrected chi connectivity index (χ1v) is 4.06. The summed E-state index contributed by atoms with van der Waals surface area (Å²) in [5.41, 5.74) is 2.08. The van der Waals surface area contributed by atoms with E-state index in [1.165, 1.54) is 5.57 Å². The standard InChI is InChI=1S/C10H15NO/c1-8(11(2)3)10-6-4-5-9(10)7-12/h4-8,12H,1-3H3/b9-7+/t8-/m0/s1. The van der Waals surface area contributed by atoms with Crippen LogP contribution in [0, 0.1) is 0 Å². The third kappa shape index (κ3) is 1.59. The Kier molecular flexibility index (Phi) is 2.71. The largest absolute Gasteiger partial charge is 0.515 e. The number of nitrogens with zero attached hydrogens (tertiary/aromatic N) is 1. The van der Waals surface area contributed by atoms with Gasteiger partial charge in [-0.25, -0.2) is 0 Å². The van der Waals surface area contributed by atoms with E-state index in [2.05, 4.69) is 11.8 Å². The van der Waals surface area contributed by atoms with Gasteiger partial charge in [-0.2, -0.15) is 0 Å². The van der Waals surface area contributed by atoms with Crippen LogP contribution in [0.15, 0.2) is 35.6 Å². The molecule has 2 heteroatoms. The molecule has 0 unspecified atom stereocenters. The summed E-state index contributed by atoms with van der Waals surface area (Å²) in [7, 11) is 4.05. The average molecular weight is 165 g/mol. The predicted molar refractivity (Wildman–Crippen MR) is 51.1 cm³/mol. The fourth-order valence-corrected chi connectivity index (χ4v) is 1.22. The molecule has 0 amide bonds. The van der Waals surface area contributed by atoms with Crippen LogP contribution in [0.3, 0.4) is 0 Å². The molecule has 2 nitrogen and oxygen atoms in total. The zero-order valence-corrected chi connectivity index (χ0v) is 7.78. The van der Waals surface area contributed by atoms with E-state index in [4.69, 9.17) is 5.11 Å². The van der Waals surface area contributed by atoms with Crippen LogP contribution in [0.5, 0.6) is 0 Å². The van der Waals surface area contributed by atoms with E-state index >= 15 is 0 Å². The molecule has 0 radical (unpaired) electrons. The molecule has 0 heterocycles. The highest BCUT2D eigenvalue weighted by atomic mass is 16.2. The van der Waals surface area contributed by atoms with Crippen molar-refractivity contribution >= 4 is 0 Å². The molecule has 0 bridgehead atoms. The number of hydrogen-bond donors (Lipinski definition) is 1. The summed E-state index contributed by atoms with van der Waals surface area (Å²) >= 11 is 0. The van der Waals surface area contributed by atoms with Crippen LogP contribution >= 0.6 is 0 Å². The number of allylic oxidation sites excluding steroid dienone is 3. The zero-order valence-electron chi connectivity index (χ0n) is 7.78. The van der Waals surface area contributed by atoms with E-state index in [9.17, 15) is 0 Å². The lowest BCUT2D eigenvalue weighted by Gasteiger charge is -2.21. The van der Waals surface area contributed by atoms with Crippen molar-refractivity contribution in [2.24, 2.45) is 0 Å². The van der Waals surface area contributed by atoms with Gasteiger partial charge >= 0.3 is 0 Å². The summed E-state index contributed by atoms with van der Waals surface area (Å²) < 4.78 is 0. The molecule has 0 saturated heterocycles. The van der Waals surface area contributed by atoms with Crippen molar-refractivity contribution in [3.05, 3.63) is 35.6 Å². The summed E-state index contributed by atoms with van der Waals surface area (Å²) in [6.07, 6.45) is 7.06.